The van der Waals surface area contributed by atoms with Crippen molar-refractivity contribution < 1.29 is 4.79 Å². The van der Waals surface area contributed by atoms with E-state index in [1.54, 1.807) is 4.68 Å². The molecule has 0 saturated carbocycles. The molecule has 0 aliphatic rings. The molecule has 2 aromatic rings. The van der Waals surface area contributed by atoms with Crippen molar-refractivity contribution in [3.05, 3.63) is 44.6 Å². The minimum atomic E-state index is -0.00345. The van der Waals surface area contributed by atoms with E-state index in [0.717, 1.165) is 25.9 Å². The highest BCUT2D eigenvalue weighted by Gasteiger charge is 2.09. The number of nitrogens with one attached hydrogen (secondary N) is 1. The normalized spacial score (nSPS) is 10.6. The van der Waals surface area contributed by atoms with Gasteiger partial charge in [0.05, 0.1) is 11.4 Å². The molecule has 0 unspecified atom stereocenters. The third kappa shape index (κ3) is 3.93. The molecule has 2 rings (SSSR count). The Bertz CT molecular complexity index is 637. The zero-order valence-corrected chi connectivity index (χ0v) is 14.5. The molecule has 1 aromatic heterocycles. The first kappa shape index (κ1) is 15.3. The molecule has 106 valence electrons. The van der Waals surface area contributed by atoms with Gasteiger partial charge in [-0.05, 0) is 53.0 Å². The fourth-order valence-electron chi connectivity index (χ4n) is 1.95. The summed E-state index contributed by atoms with van der Waals surface area (Å²) >= 11 is 6.81. The van der Waals surface area contributed by atoms with Gasteiger partial charge in [-0.15, -0.1) is 0 Å². The summed E-state index contributed by atoms with van der Waals surface area (Å²) in [4.78, 5) is 12.0. The molecule has 0 fully saturated rings. The number of hydrogen-bond acceptors (Lipinski definition) is 2. The Hall–Kier alpha value is -1.14. The number of benzene rings is 1. The summed E-state index contributed by atoms with van der Waals surface area (Å²) in [6.07, 6.45) is 3.09. The summed E-state index contributed by atoms with van der Waals surface area (Å²) < 4.78 is 3.60. The first-order valence-electron chi connectivity index (χ1n) is 6.19. The van der Waals surface area contributed by atoms with Crippen LogP contribution in [0.25, 0.3) is 0 Å². The summed E-state index contributed by atoms with van der Waals surface area (Å²) in [5, 5.41) is 7.17. The fourth-order valence-corrected chi connectivity index (χ4v) is 3.09. The van der Waals surface area contributed by atoms with Crippen LogP contribution in [-0.4, -0.2) is 15.7 Å². The molecule has 6 heteroatoms. The van der Waals surface area contributed by atoms with E-state index < -0.39 is 0 Å². The van der Waals surface area contributed by atoms with Gasteiger partial charge in [0.25, 0.3) is 0 Å². The first-order chi connectivity index (χ1) is 9.45. The number of carbonyl (C=O) groups excluding carboxylic acids is 1. The van der Waals surface area contributed by atoms with Crippen LogP contribution < -0.4 is 5.32 Å². The minimum Gasteiger partial charge on any atom is -0.325 e. The molecular formula is C14H15Br2N3O. The lowest BCUT2D eigenvalue weighted by atomic mass is 10.1. The molecule has 1 heterocycles. The number of carbonyl (C=O) groups is 1. The number of halogens is 2. The second-order valence-electron chi connectivity index (χ2n) is 4.59. The molecule has 0 bridgehead atoms. The number of anilines is 1. The van der Waals surface area contributed by atoms with Crippen molar-refractivity contribution in [1.29, 1.82) is 0 Å². The van der Waals surface area contributed by atoms with Gasteiger partial charge >= 0.3 is 0 Å². The van der Waals surface area contributed by atoms with Gasteiger partial charge in [-0.1, -0.05) is 15.9 Å². The van der Waals surface area contributed by atoms with Gasteiger partial charge in [0, 0.05) is 28.6 Å². The number of rotatable bonds is 4. The molecule has 0 radical (unpaired) electrons. The topological polar surface area (TPSA) is 46.9 Å². The maximum absolute atomic E-state index is 12.0. The van der Waals surface area contributed by atoms with E-state index >= 15 is 0 Å². The summed E-state index contributed by atoms with van der Waals surface area (Å²) in [6, 6.07) is 5.66. The van der Waals surface area contributed by atoms with Crippen molar-refractivity contribution in [2.45, 2.75) is 19.8 Å². The number of aryl methyl sites for hydroxylation is 3. The first-order valence-corrected chi connectivity index (χ1v) is 7.78. The lowest BCUT2D eigenvalue weighted by molar-refractivity contribution is -0.116. The predicted octanol–water partition coefficient (Wildman–Crippen LogP) is 3.82. The van der Waals surface area contributed by atoms with E-state index in [-0.39, 0.29) is 5.91 Å². The lowest BCUT2D eigenvalue weighted by Gasteiger charge is -2.07. The average molecular weight is 401 g/mol. The number of nitrogens with zero attached hydrogens (tertiary/aromatic N) is 2. The number of aromatic nitrogens is 2. The largest absolute Gasteiger partial charge is 0.325 e. The molecule has 4 nitrogen and oxygen atoms in total. The molecule has 0 aliphatic heterocycles. The highest BCUT2D eigenvalue weighted by molar-refractivity contribution is 9.11. The Balaban J connectivity index is 1.94. The maximum Gasteiger partial charge on any atom is 0.224 e. The Morgan fingerprint density at radius 2 is 2.15 bits per heavy atom. The van der Waals surface area contributed by atoms with Crippen LogP contribution in [-0.2, 0) is 18.3 Å². The minimum absolute atomic E-state index is 0.00345. The Labute approximate surface area is 134 Å². The van der Waals surface area contributed by atoms with Crippen LogP contribution in [0.1, 0.15) is 17.7 Å². The third-order valence-corrected chi connectivity index (χ3v) is 4.09. The third-order valence-electron chi connectivity index (χ3n) is 2.94. The van der Waals surface area contributed by atoms with Crippen molar-refractivity contribution in [2.75, 3.05) is 5.32 Å². The predicted molar refractivity (Wildman–Crippen MR) is 86.7 cm³/mol. The molecular weight excluding hydrogens is 386 g/mol. The standard InChI is InChI=1S/C14H15Br2N3O/c1-9-10(8-19(2)18-9)3-6-14(20)17-13-5-4-11(15)7-12(13)16/h4-5,7-8H,3,6H2,1-2H3,(H,17,20). The van der Waals surface area contributed by atoms with Gasteiger partial charge in [-0.25, -0.2) is 0 Å². The van der Waals surface area contributed by atoms with E-state index in [4.69, 9.17) is 0 Å². The van der Waals surface area contributed by atoms with Gasteiger partial charge < -0.3 is 5.32 Å². The number of amides is 1. The van der Waals surface area contributed by atoms with Crippen LogP contribution in [0.4, 0.5) is 5.69 Å². The molecule has 0 atom stereocenters. The van der Waals surface area contributed by atoms with Gasteiger partial charge in [0.2, 0.25) is 5.91 Å². The molecule has 0 spiro atoms. The van der Waals surface area contributed by atoms with Crippen molar-refractivity contribution in [2.24, 2.45) is 7.05 Å². The summed E-state index contributed by atoms with van der Waals surface area (Å²) in [5.74, 6) is -0.00345. The zero-order valence-electron chi connectivity index (χ0n) is 11.3. The van der Waals surface area contributed by atoms with Gasteiger partial charge in [0.1, 0.15) is 0 Å². The second kappa shape index (κ2) is 6.54. The van der Waals surface area contributed by atoms with E-state index in [1.807, 2.05) is 38.4 Å². The number of hydrogen-bond donors (Lipinski definition) is 1. The van der Waals surface area contributed by atoms with Crippen molar-refractivity contribution in [1.82, 2.24) is 9.78 Å². The molecule has 20 heavy (non-hydrogen) atoms. The van der Waals surface area contributed by atoms with Crippen molar-refractivity contribution in [3.63, 3.8) is 0 Å². The van der Waals surface area contributed by atoms with Crippen molar-refractivity contribution >= 4 is 43.5 Å². The zero-order chi connectivity index (χ0) is 14.7. The lowest BCUT2D eigenvalue weighted by Crippen LogP contribution is -2.12. The van der Waals surface area contributed by atoms with Crippen molar-refractivity contribution in [3.8, 4) is 0 Å². The molecule has 1 amide bonds. The van der Waals surface area contributed by atoms with Gasteiger partial charge in [-0.2, -0.15) is 5.10 Å². The molecule has 1 N–H and O–H groups in total. The van der Waals surface area contributed by atoms with Crippen LogP contribution in [0.15, 0.2) is 33.3 Å². The summed E-state index contributed by atoms with van der Waals surface area (Å²) in [7, 11) is 1.88. The van der Waals surface area contributed by atoms with E-state index in [2.05, 4.69) is 42.3 Å². The van der Waals surface area contributed by atoms with Crippen LogP contribution >= 0.6 is 31.9 Å². The monoisotopic (exact) mass is 399 g/mol. The van der Waals surface area contributed by atoms with Crippen LogP contribution in [0.3, 0.4) is 0 Å². The smallest absolute Gasteiger partial charge is 0.224 e. The average Bonchev–Trinajstić information content (AvgIpc) is 2.69. The van der Waals surface area contributed by atoms with E-state index in [0.29, 0.717) is 12.8 Å². The Morgan fingerprint density at radius 3 is 2.75 bits per heavy atom. The van der Waals surface area contributed by atoms with Crippen LogP contribution in [0.2, 0.25) is 0 Å². The molecule has 1 aromatic carbocycles. The maximum atomic E-state index is 12.0. The van der Waals surface area contributed by atoms with E-state index in [9.17, 15) is 4.79 Å². The highest BCUT2D eigenvalue weighted by Crippen LogP contribution is 2.26. The molecule has 0 aliphatic carbocycles. The second-order valence-corrected chi connectivity index (χ2v) is 6.36. The quantitative estimate of drug-likeness (QED) is 0.847. The van der Waals surface area contributed by atoms with Gasteiger partial charge in [-0.3, -0.25) is 9.48 Å². The van der Waals surface area contributed by atoms with Crippen LogP contribution in [0, 0.1) is 6.92 Å². The fraction of sp³-hybridized carbons (Fsp3) is 0.286. The van der Waals surface area contributed by atoms with Crippen LogP contribution in [0.5, 0.6) is 0 Å². The Kier molecular flexibility index (Phi) is 4.99. The van der Waals surface area contributed by atoms with E-state index in [1.165, 1.54) is 0 Å². The van der Waals surface area contributed by atoms with Gasteiger partial charge in [0.15, 0.2) is 0 Å². The highest BCUT2D eigenvalue weighted by atomic mass is 79.9. The summed E-state index contributed by atoms with van der Waals surface area (Å²) in [6.45, 7) is 1.96. The molecule has 0 saturated heterocycles. The Morgan fingerprint density at radius 1 is 1.40 bits per heavy atom. The SMILES string of the molecule is Cc1nn(C)cc1CCC(=O)Nc1ccc(Br)cc1Br. The summed E-state index contributed by atoms with van der Waals surface area (Å²) in [5.41, 5.74) is 2.86.